The summed E-state index contributed by atoms with van der Waals surface area (Å²) in [5.41, 5.74) is 1.32. The number of anilines is 1. The molecule has 0 radical (unpaired) electrons. The van der Waals surface area contributed by atoms with Crippen molar-refractivity contribution in [3.8, 4) is 17.2 Å². The number of carbonyl (C=O) groups excluding carboxylic acids is 1. The molecule has 1 heterocycles. The Morgan fingerprint density at radius 2 is 1.72 bits per heavy atom. The third-order valence-corrected chi connectivity index (χ3v) is 4.32. The van der Waals surface area contributed by atoms with Gasteiger partial charge in [0.2, 0.25) is 5.75 Å². The molecule has 2 N–H and O–H groups in total. The number of methoxy groups -OCH3 is 3. The van der Waals surface area contributed by atoms with Crippen LogP contribution in [0.15, 0.2) is 16.5 Å². The van der Waals surface area contributed by atoms with E-state index in [2.05, 4.69) is 36.4 Å². The monoisotopic (exact) mass is 405 g/mol. The van der Waals surface area contributed by atoms with E-state index >= 15 is 0 Å². The molecular weight excluding hydrogens is 374 g/mol. The van der Waals surface area contributed by atoms with Crippen LogP contribution < -0.4 is 24.8 Å². The van der Waals surface area contributed by atoms with Gasteiger partial charge in [-0.1, -0.05) is 20.8 Å². The van der Waals surface area contributed by atoms with Crippen molar-refractivity contribution in [2.24, 2.45) is 0 Å². The second-order valence-electron chi connectivity index (χ2n) is 7.68. The molecule has 29 heavy (non-hydrogen) atoms. The van der Waals surface area contributed by atoms with Crippen molar-refractivity contribution in [2.45, 2.75) is 46.0 Å². The maximum Gasteiger partial charge on any atom is 0.319 e. The highest BCUT2D eigenvalue weighted by Crippen LogP contribution is 2.39. The highest BCUT2D eigenvalue weighted by molar-refractivity contribution is 5.90. The molecule has 0 aliphatic carbocycles. The molecule has 0 aliphatic rings. The summed E-state index contributed by atoms with van der Waals surface area (Å²) in [6.07, 6.45) is 1.45. The molecule has 0 spiro atoms. The molecule has 0 unspecified atom stereocenters. The van der Waals surface area contributed by atoms with Crippen molar-refractivity contribution in [3.63, 3.8) is 0 Å². The van der Waals surface area contributed by atoms with Crippen LogP contribution in [0.4, 0.5) is 10.5 Å². The lowest BCUT2D eigenvalue weighted by Gasteiger charge is -2.15. The fourth-order valence-corrected chi connectivity index (χ4v) is 2.76. The fourth-order valence-electron chi connectivity index (χ4n) is 2.76. The predicted octanol–water partition coefficient (Wildman–Crippen LogP) is 4.06. The van der Waals surface area contributed by atoms with Crippen LogP contribution in [0, 0.1) is 6.92 Å². The molecule has 2 rings (SSSR count). The zero-order valence-electron chi connectivity index (χ0n) is 18.3. The van der Waals surface area contributed by atoms with Crippen LogP contribution in [0.1, 0.15) is 44.5 Å². The van der Waals surface area contributed by atoms with E-state index in [0.717, 1.165) is 23.8 Å². The highest BCUT2D eigenvalue weighted by atomic mass is 16.5. The molecule has 1 aromatic heterocycles. The smallest absolute Gasteiger partial charge is 0.319 e. The minimum atomic E-state index is -0.316. The van der Waals surface area contributed by atoms with Crippen LogP contribution >= 0.6 is 0 Å². The molecule has 0 atom stereocenters. The number of nitrogens with one attached hydrogen (secondary N) is 2. The van der Waals surface area contributed by atoms with Crippen molar-refractivity contribution >= 4 is 11.7 Å². The molecule has 0 bridgehead atoms. The molecule has 0 fully saturated rings. The van der Waals surface area contributed by atoms with Gasteiger partial charge >= 0.3 is 6.03 Å². The molecule has 2 aromatic rings. The average molecular weight is 405 g/mol. The fraction of sp³-hybridized carbons (Fsp3) is 0.524. The van der Waals surface area contributed by atoms with Crippen LogP contribution in [0.3, 0.4) is 0 Å². The zero-order valence-corrected chi connectivity index (χ0v) is 18.3. The number of rotatable bonds is 8. The normalized spacial score (nSPS) is 11.1. The maximum absolute atomic E-state index is 12.2. The van der Waals surface area contributed by atoms with E-state index in [0.29, 0.717) is 35.9 Å². The number of hydrogen-bond acceptors (Lipinski definition) is 6. The Kier molecular flexibility index (Phi) is 7.36. The molecule has 8 heteroatoms. The maximum atomic E-state index is 12.2. The van der Waals surface area contributed by atoms with E-state index in [1.807, 2.05) is 6.92 Å². The van der Waals surface area contributed by atoms with Gasteiger partial charge in [-0.05, 0) is 13.3 Å². The van der Waals surface area contributed by atoms with Gasteiger partial charge in [0.25, 0.3) is 0 Å². The summed E-state index contributed by atoms with van der Waals surface area (Å²) < 4.78 is 21.7. The number of carbonyl (C=O) groups is 1. The lowest BCUT2D eigenvalue weighted by molar-refractivity contribution is 0.252. The van der Waals surface area contributed by atoms with Gasteiger partial charge in [-0.3, -0.25) is 0 Å². The first kappa shape index (κ1) is 22.4. The topological polar surface area (TPSA) is 94.9 Å². The third kappa shape index (κ3) is 5.79. The Morgan fingerprint density at radius 3 is 2.21 bits per heavy atom. The summed E-state index contributed by atoms with van der Waals surface area (Å²) in [6.45, 7) is 8.64. The van der Waals surface area contributed by atoms with Crippen molar-refractivity contribution < 1.29 is 23.4 Å². The van der Waals surface area contributed by atoms with Gasteiger partial charge in [-0.15, -0.1) is 0 Å². The van der Waals surface area contributed by atoms with E-state index in [-0.39, 0.29) is 11.4 Å². The van der Waals surface area contributed by atoms with E-state index < -0.39 is 0 Å². The predicted molar refractivity (Wildman–Crippen MR) is 111 cm³/mol. The molecule has 160 valence electrons. The Labute approximate surface area is 171 Å². The summed E-state index contributed by atoms with van der Waals surface area (Å²) in [7, 11) is 4.58. The van der Waals surface area contributed by atoms with E-state index in [9.17, 15) is 4.79 Å². The van der Waals surface area contributed by atoms with Crippen LogP contribution in [-0.2, 0) is 11.8 Å². The summed E-state index contributed by atoms with van der Waals surface area (Å²) in [6, 6.07) is 3.03. The number of ether oxygens (including phenoxy) is 3. The summed E-state index contributed by atoms with van der Waals surface area (Å²) in [5, 5.41) is 5.61. The van der Waals surface area contributed by atoms with Gasteiger partial charge in [0.1, 0.15) is 5.76 Å². The molecule has 2 amide bonds. The number of benzene rings is 1. The van der Waals surface area contributed by atoms with Crippen LogP contribution in [0.5, 0.6) is 17.2 Å². The van der Waals surface area contributed by atoms with Gasteiger partial charge in [0.15, 0.2) is 17.4 Å². The molecular formula is C21H31N3O5. The highest BCUT2D eigenvalue weighted by Gasteiger charge is 2.22. The summed E-state index contributed by atoms with van der Waals surface area (Å²) in [5.74, 6) is 3.01. The van der Waals surface area contributed by atoms with Crippen molar-refractivity contribution in [1.82, 2.24) is 10.3 Å². The Bertz CT molecular complexity index is 814. The minimum absolute atomic E-state index is 0.123. The number of amides is 2. The van der Waals surface area contributed by atoms with Crippen LogP contribution in [0.25, 0.3) is 0 Å². The molecule has 8 nitrogen and oxygen atoms in total. The summed E-state index contributed by atoms with van der Waals surface area (Å²) >= 11 is 0. The zero-order chi connectivity index (χ0) is 21.6. The Morgan fingerprint density at radius 1 is 1.10 bits per heavy atom. The van der Waals surface area contributed by atoms with E-state index in [4.69, 9.17) is 18.6 Å². The lowest BCUT2D eigenvalue weighted by atomic mass is 9.97. The van der Waals surface area contributed by atoms with Gasteiger partial charge in [0, 0.05) is 30.5 Å². The number of aromatic nitrogens is 1. The van der Waals surface area contributed by atoms with Crippen molar-refractivity contribution in [2.75, 3.05) is 33.2 Å². The lowest BCUT2D eigenvalue weighted by Crippen LogP contribution is -2.29. The molecule has 0 saturated carbocycles. The third-order valence-electron chi connectivity index (χ3n) is 4.32. The first-order valence-electron chi connectivity index (χ1n) is 9.51. The van der Waals surface area contributed by atoms with Crippen molar-refractivity contribution in [3.05, 3.63) is 29.5 Å². The Balaban J connectivity index is 1.89. The molecule has 0 saturated heterocycles. The molecule has 0 aliphatic heterocycles. The quantitative estimate of drug-likeness (QED) is 0.643. The van der Waals surface area contributed by atoms with Gasteiger partial charge in [-0.25, -0.2) is 9.78 Å². The summed E-state index contributed by atoms with van der Waals surface area (Å²) in [4.78, 5) is 16.7. The second kappa shape index (κ2) is 9.54. The number of oxazole rings is 1. The van der Waals surface area contributed by atoms with Crippen LogP contribution in [0.2, 0.25) is 0 Å². The molecule has 1 aromatic carbocycles. The first-order valence-corrected chi connectivity index (χ1v) is 9.51. The number of urea groups is 1. The largest absolute Gasteiger partial charge is 0.493 e. The van der Waals surface area contributed by atoms with Crippen LogP contribution in [-0.4, -0.2) is 38.9 Å². The van der Waals surface area contributed by atoms with Gasteiger partial charge < -0.3 is 29.3 Å². The second-order valence-corrected chi connectivity index (χ2v) is 7.68. The minimum Gasteiger partial charge on any atom is -0.493 e. The standard InChI is InChI=1S/C21H31N3O5/c1-13-15(29-19(23-13)21(2,3)4)9-8-10-22-20(25)24-14-11-16(26-5)18(28-7)17(12-14)27-6/h11-12H,8-10H2,1-7H3,(H2,22,24,25). The van der Waals surface area contributed by atoms with Gasteiger partial charge in [0.05, 0.1) is 32.7 Å². The van der Waals surface area contributed by atoms with Crippen molar-refractivity contribution in [1.29, 1.82) is 0 Å². The first-order chi connectivity index (χ1) is 13.7. The van der Waals surface area contributed by atoms with Gasteiger partial charge in [-0.2, -0.15) is 0 Å². The number of aryl methyl sites for hydroxylation is 2. The average Bonchev–Trinajstić information content (AvgIpc) is 3.05. The number of nitrogens with zero attached hydrogens (tertiary/aromatic N) is 1. The number of hydrogen-bond donors (Lipinski definition) is 2. The van der Waals surface area contributed by atoms with E-state index in [1.54, 1.807) is 12.1 Å². The Hall–Kier alpha value is -2.90. The SMILES string of the molecule is COc1cc(NC(=O)NCCCc2oc(C(C)(C)C)nc2C)cc(OC)c1OC. The van der Waals surface area contributed by atoms with E-state index in [1.165, 1.54) is 21.3 Å².